The van der Waals surface area contributed by atoms with Crippen molar-refractivity contribution in [2.75, 3.05) is 0 Å². The molecule has 0 atom stereocenters. The summed E-state index contributed by atoms with van der Waals surface area (Å²) in [6, 6.07) is 48.9. The standard InChI is InChI=1S/C43H30N2/c1-3-9-39-37(7-1)42(31-18-14-29(15-19-31)28-12-13-28)38-8-2-4-10-40(38)43(39)33-21-17-30-16-20-32(23-34(30)24-33)35-25-36(27-44-26-35)41-11-5-6-22-45-41/h1-11,14-28H,12-13H2. The van der Waals surface area contributed by atoms with Crippen LogP contribution in [-0.2, 0) is 0 Å². The van der Waals surface area contributed by atoms with E-state index in [9.17, 15) is 0 Å². The summed E-state index contributed by atoms with van der Waals surface area (Å²) in [5.74, 6) is 0.754. The zero-order valence-corrected chi connectivity index (χ0v) is 24.8. The van der Waals surface area contributed by atoms with Gasteiger partial charge in [-0.3, -0.25) is 9.97 Å². The SMILES string of the molecule is c1ccc(-c2cncc(-c3ccc4ccc(-c5c6ccccc6c(-c6ccc(C7CC7)cc6)c6ccccc56)cc4c3)c2)nc1. The Hall–Kier alpha value is -5.60. The van der Waals surface area contributed by atoms with E-state index in [1.807, 2.05) is 36.8 Å². The molecule has 1 fully saturated rings. The van der Waals surface area contributed by atoms with Crippen LogP contribution in [0.3, 0.4) is 0 Å². The van der Waals surface area contributed by atoms with Crippen LogP contribution in [0.15, 0.2) is 152 Å². The minimum Gasteiger partial charge on any atom is -0.263 e. The lowest BCUT2D eigenvalue weighted by Crippen LogP contribution is -1.91. The van der Waals surface area contributed by atoms with E-state index < -0.39 is 0 Å². The third-order valence-electron chi connectivity index (χ3n) is 9.34. The molecule has 0 aliphatic heterocycles. The van der Waals surface area contributed by atoms with E-state index in [-0.39, 0.29) is 0 Å². The first-order valence-electron chi connectivity index (χ1n) is 15.7. The minimum absolute atomic E-state index is 0.754. The highest BCUT2D eigenvalue weighted by atomic mass is 14.7. The Bertz CT molecular complexity index is 2310. The molecule has 2 heteroatoms. The number of aromatic nitrogens is 2. The molecule has 0 unspecified atom stereocenters. The van der Waals surface area contributed by atoms with Crippen molar-refractivity contribution in [2.24, 2.45) is 0 Å². The highest BCUT2D eigenvalue weighted by Crippen LogP contribution is 2.45. The van der Waals surface area contributed by atoms with Crippen molar-refractivity contribution in [3.63, 3.8) is 0 Å². The van der Waals surface area contributed by atoms with Gasteiger partial charge in [0, 0.05) is 29.7 Å². The number of fused-ring (bicyclic) bond motifs is 3. The average molecular weight is 575 g/mol. The van der Waals surface area contributed by atoms with Crippen LogP contribution in [0.25, 0.3) is 77.0 Å². The van der Waals surface area contributed by atoms with E-state index in [4.69, 9.17) is 0 Å². The summed E-state index contributed by atoms with van der Waals surface area (Å²) in [5.41, 5.74) is 10.7. The van der Waals surface area contributed by atoms with Gasteiger partial charge in [-0.05, 0) is 115 Å². The maximum absolute atomic E-state index is 4.56. The molecule has 1 saturated carbocycles. The molecule has 2 aromatic heterocycles. The molecule has 212 valence electrons. The van der Waals surface area contributed by atoms with Crippen LogP contribution >= 0.6 is 0 Å². The molecule has 2 heterocycles. The summed E-state index contributed by atoms with van der Waals surface area (Å²) in [6.45, 7) is 0. The van der Waals surface area contributed by atoms with Crippen LogP contribution in [0.5, 0.6) is 0 Å². The summed E-state index contributed by atoms with van der Waals surface area (Å²) < 4.78 is 0. The largest absolute Gasteiger partial charge is 0.263 e. The Kier molecular flexibility index (Phi) is 6.05. The summed E-state index contributed by atoms with van der Waals surface area (Å²) >= 11 is 0. The van der Waals surface area contributed by atoms with Crippen molar-refractivity contribution in [1.82, 2.24) is 9.97 Å². The van der Waals surface area contributed by atoms with E-state index in [1.54, 1.807) is 0 Å². The Balaban J connectivity index is 1.21. The fourth-order valence-corrected chi connectivity index (χ4v) is 6.94. The molecule has 45 heavy (non-hydrogen) atoms. The normalized spacial score (nSPS) is 13.1. The Morgan fingerprint density at radius 2 is 1.02 bits per heavy atom. The van der Waals surface area contributed by atoms with Crippen LogP contribution < -0.4 is 0 Å². The van der Waals surface area contributed by atoms with Gasteiger partial charge in [-0.25, -0.2) is 0 Å². The molecule has 0 saturated heterocycles. The number of nitrogens with zero attached hydrogens (tertiary/aromatic N) is 2. The van der Waals surface area contributed by atoms with Crippen molar-refractivity contribution in [3.05, 3.63) is 158 Å². The summed E-state index contributed by atoms with van der Waals surface area (Å²) in [4.78, 5) is 9.09. The number of pyridine rings is 2. The third kappa shape index (κ3) is 4.58. The lowest BCUT2D eigenvalue weighted by molar-refractivity contribution is 1.13. The minimum atomic E-state index is 0.754. The Morgan fingerprint density at radius 3 is 1.67 bits per heavy atom. The monoisotopic (exact) mass is 574 g/mol. The van der Waals surface area contributed by atoms with E-state index in [2.05, 4.69) is 125 Å². The van der Waals surface area contributed by atoms with Crippen LogP contribution in [0.2, 0.25) is 0 Å². The van der Waals surface area contributed by atoms with Gasteiger partial charge in [0.2, 0.25) is 0 Å². The molecule has 0 N–H and O–H groups in total. The van der Waals surface area contributed by atoms with Crippen LogP contribution in [0.4, 0.5) is 0 Å². The first-order chi connectivity index (χ1) is 22.3. The summed E-state index contributed by atoms with van der Waals surface area (Å²) in [7, 11) is 0. The summed E-state index contributed by atoms with van der Waals surface area (Å²) in [6.07, 6.45) is 8.29. The van der Waals surface area contributed by atoms with Crippen molar-refractivity contribution in [3.8, 4) is 44.6 Å². The van der Waals surface area contributed by atoms with E-state index >= 15 is 0 Å². The highest BCUT2D eigenvalue weighted by molar-refractivity contribution is 6.21. The van der Waals surface area contributed by atoms with Gasteiger partial charge in [-0.2, -0.15) is 0 Å². The lowest BCUT2D eigenvalue weighted by atomic mass is 9.85. The lowest BCUT2D eigenvalue weighted by Gasteiger charge is -2.18. The topological polar surface area (TPSA) is 25.8 Å². The number of benzene rings is 6. The molecule has 0 bridgehead atoms. The average Bonchev–Trinajstić information content (AvgIpc) is 3.97. The van der Waals surface area contributed by atoms with Crippen LogP contribution in [0, 0.1) is 0 Å². The van der Waals surface area contributed by atoms with E-state index in [0.29, 0.717) is 0 Å². The molecule has 8 aromatic rings. The number of hydrogen-bond acceptors (Lipinski definition) is 2. The molecule has 0 radical (unpaired) electrons. The Labute approximate surface area is 262 Å². The molecule has 6 aromatic carbocycles. The van der Waals surface area contributed by atoms with E-state index in [1.165, 1.54) is 73.0 Å². The maximum atomic E-state index is 4.56. The van der Waals surface area contributed by atoms with Crippen molar-refractivity contribution in [2.45, 2.75) is 18.8 Å². The number of rotatable bonds is 5. The van der Waals surface area contributed by atoms with Gasteiger partial charge >= 0.3 is 0 Å². The van der Waals surface area contributed by atoms with E-state index in [0.717, 1.165) is 28.3 Å². The molecular weight excluding hydrogens is 544 g/mol. The predicted molar refractivity (Wildman–Crippen MR) is 188 cm³/mol. The second-order valence-corrected chi connectivity index (χ2v) is 12.2. The molecule has 9 rings (SSSR count). The van der Waals surface area contributed by atoms with Gasteiger partial charge in [0.05, 0.1) is 5.69 Å². The van der Waals surface area contributed by atoms with Gasteiger partial charge in [-0.1, -0.05) is 103 Å². The second kappa shape index (κ2) is 10.5. The molecule has 0 spiro atoms. The van der Waals surface area contributed by atoms with Crippen molar-refractivity contribution in [1.29, 1.82) is 0 Å². The fourth-order valence-electron chi connectivity index (χ4n) is 6.94. The smallest absolute Gasteiger partial charge is 0.0717 e. The summed E-state index contributed by atoms with van der Waals surface area (Å²) in [5, 5.41) is 7.56. The first kappa shape index (κ1) is 25.9. The van der Waals surface area contributed by atoms with Crippen molar-refractivity contribution >= 4 is 32.3 Å². The van der Waals surface area contributed by atoms with Crippen LogP contribution in [0.1, 0.15) is 24.3 Å². The zero-order chi connectivity index (χ0) is 29.7. The van der Waals surface area contributed by atoms with Gasteiger partial charge in [0.25, 0.3) is 0 Å². The van der Waals surface area contributed by atoms with Gasteiger partial charge < -0.3 is 0 Å². The molecule has 2 nitrogen and oxygen atoms in total. The zero-order valence-electron chi connectivity index (χ0n) is 24.8. The Morgan fingerprint density at radius 1 is 0.444 bits per heavy atom. The second-order valence-electron chi connectivity index (χ2n) is 12.2. The molecule has 1 aliphatic rings. The van der Waals surface area contributed by atoms with Crippen molar-refractivity contribution < 1.29 is 0 Å². The predicted octanol–water partition coefficient (Wildman–Crippen LogP) is 11.5. The quantitative estimate of drug-likeness (QED) is 0.191. The van der Waals surface area contributed by atoms with Gasteiger partial charge in [0.1, 0.15) is 0 Å². The van der Waals surface area contributed by atoms with Gasteiger partial charge in [-0.15, -0.1) is 0 Å². The number of hydrogen-bond donors (Lipinski definition) is 0. The molecule has 1 aliphatic carbocycles. The van der Waals surface area contributed by atoms with Crippen LogP contribution in [-0.4, -0.2) is 9.97 Å². The fraction of sp³-hybridized carbons (Fsp3) is 0.0698. The highest BCUT2D eigenvalue weighted by Gasteiger charge is 2.23. The molecule has 0 amide bonds. The van der Waals surface area contributed by atoms with Gasteiger partial charge in [0.15, 0.2) is 0 Å². The first-order valence-corrected chi connectivity index (χ1v) is 15.7. The third-order valence-corrected chi connectivity index (χ3v) is 9.34. The maximum Gasteiger partial charge on any atom is 0.0717 e. The molecular formula is C43H30N2.